The minimum atomic E-state index is 0.519. The molecule has 0 aliphatic carbocycles. The van der Waals surface area contributed by atoms with Gasteiger partial charge in [-0.25, -0.2) is 0 Å². The fourth-order valence-electron chi connectivity index (χ4n) is 1.71. The number of hydrogen-bond donors (Lipinski definition) is 2. The van der Waals surface area contributed by atoms with Gasteiger partial charge in [0.05, 0.1) is 6.61 Å². The number of para-hydroxylation sites is 1. The first kappa shape index (κ1) is 15.3. The maximum absolute atomic E-state index is 5.65. The molecule has 0 saturated heterocycles. The Morgan fingerprint density at radius 3 is 2.10 bits per heavy atom. The third-order valence-corrected chi connectivity index (χ3v) is 2.93. The second-order valence-corrected chi connectivity index (χ2v) is 5.58. The third kappa shape index (κ3) is 5.44. The van der Waals surface area contributed by atoms with Crippen LogP contribution in [0.1, 0.15) is 13.8 Å². The van der Waals surface area contributed by atoms with Gasteiger partial charge in [0.2, 0.25) is 0 Å². The molecule has 0 heterocycles. The summed E-state index contributed by atoms with van der Waals surface area (Å²) in [7, 11) is 0. The lowest BCUT2D eigenvalue weighted by Crippen LogP contribution is -2.18. The molecule has 2 aromatic carbocycles. The van der Waals surface area contributed by atoms with E-state index in [9.17, 15) is 0 Å². The molecule has 0 aliphatic rings. The zero-order valence-corrected chi connectivity index (χ0v) is 13.1. The molecule has 3 nitrogen and oxygen atoms in total. The van der Waals surface area contributed by atoms with Gasteiger partial charge in [0.1, 0.15) is 5.75 Å². The van der Waals surface area contributed by atoms with Crippen molar-refractivity contribution >= 4 is 28.7 Å². The standard InChI is InChI=1S/C17H20N2OS/c1-13(2)12-20-16-10-8-15(9-11-16)19-17(21)18-14-6-4-3-5-7-14/h3-11,13H,12H2,1-2H3,(H2,18,19,21). The minimum Gasteiger partial charge on any atom is -0.493 e. The SMILES string of the molecule is CC(C)COc1ccc(NC(=S)Nc2ccccc2)cc1. The maximum atomic E-state index is 5.65. The highest BCUT2D eigenvalue weighted by Crippen LogP contribution is 2.17. The molecule has 0 atom stereocenters. The van der Waals surface area contributed by atoms with Gasteiger partial charge >= 0.3 is 0 Å². The van der Waals surface area contributed by atoms with Crippen molar-refractivity contribution < 1.29 is 4.74 Å². The lowest BCUT2D eigenvalue weighted by atomic mass is 10.2. The van der Waals surface area contributed by atoms with Crippen LogP contribution in [-0.2, 0) is 0 Å². The van der Waals surface area contributed by atoms with Gasteiger partial charge in [0.25, 0.3) is 0 Å². The van der Waals surface area contributed by atoms with E-state index in [4.69, 9.17) is 17.0 Å². The van der Waals surface area contributed by atoms with E-state index in [0.717, 1.165) is 23.7 Å². The highest BCUT2D eigenvalue weighted by Gasteiger charge is 2.00. The van der Waals surface area contributed by atoms with Crippen LogP contribution < -0.4 is 15.4 Å². The van der Waals surface area contributed by atoms with E-state index < -0.39 is 0 Å². The largest absolute Gasteiger partial charge is 0.493 e. The molecule has 2 aromatic rings. The quantitative estimate of drug-likeness (QED) is 0.795. The molecule has 0 radical (unpaired) electrons. The van der Waals surface area contributed by atoms with E-state index in [2.05, 4.69) is 24.5 Å². The molecule has 2 N–H and O–H groups in total. The molecule has 0 amide bonds. The van der Waals surface area contributed by atoms with Crippen LogP contribution in [0.4, 0.5) is 11.4 Å². The van der Waals surface area contributed by atoms with Crippen molar-refractivity contribution in [1.82, 2.24) is 0 Å². The molecule has 21 heavy (non-hydrogen) atoms. The molecule has 0 saturated carbocycles. The van der Waals surface area contributed by atoms with Gasteiger partial charge < -0.3 is 15.4 Å². The summed E-state index contributed by atoms with van der Waals surface area (Å²) < 4.78 is 5.65. The topological polar surface area (TPSA) is 33.3 Å². The number of benzene rings is 2. The summed E-state index contributed by atoms with van der Waals surface area (Å²) in [6, 6.07) is 17.6. The summed E-state index contributed by atoms with van der Waals surface area (Å²) in [4.78, 5) is 0. The molecular formula is C17H20N2OS. The Hall–Kier alpha value is -2.07. The zero-order valence-electron chi connectivity index (χ0n) is 12.3. The van der Waals surface area contributed by atoms with E-state index >= 15 is 0 Å². The molecule has 0 aromatic heterocycles. The average Bonchev–Trinajstić information content (AvgIpc) is 2.47. The Bertz CT molecular complexity index is 567. The van der Waals surface area contributed by atoms with Crippen molar-refractivity contribution in [2.75, 3.05) is 17.2 Å². The summed E-state index contributed by atoms with van der Waals surface area (Å²) in [5.41, 5.74) is 1.90. The van der Waals surface area contributed by atoms with E-state index in [0.29, 0.717) is 11.0 Å². The van der Waals surface area contributed by atoms with Crippen LogP contribution in [-0.4, -0.2) is 11.7 Å². The molecule has 110 valence electrons. The molecule has 0 aliphatic heterocycles. The fourth-order valence-corrected chi connectivity index (χ4v) is 1.95. The van der Waals surface area contributed by atoms with Crippen LogP contribution in [0, 0.1) is 5.92 Å². The summed E-state index contributed by atoms with van der Waals surface area (Å²) in [5, 5.41) is 6.85. The molecule has 4 heteroatoms. The van der Waals surface area contributed by atoms with E-state index in [-0.39, 0.29) is 0 Å². The van der Waals surface area contributed by atoms with Crippen molar-refractivity contribution in [2.45, 2.75) is 13.8 Å². The van der Waals surface area contributed by atoms with Crippen LogP contribution in [0.3, 0.4) is 0 Å². The zero-order chi connectivity index (χ0) is 15.1. The Morgan fingerprint density at radius 1 is 0.952 bits per heavy atom. The van der Waals surface area contributed by atoms with Gasteiger partial charge in [-0.15, -0.1) is 0 Å². The Balaban J connectivity index is 1.86. The Labute approximate surface area is 131 Å². The van der Waals surface area contributed by atoms with Gasteiger partial charge in [-0.3, -0.25) is 0 Å². The number of nitrogens with one attached hydrogen (secondary N) is 2. The van der Waals surface area contributed by atoms with Crippen molar-refractivity contribution in [1.29, 1.82) is 0 Å². The number of ether oxygens (including phenoxy) is 1. The van der Waals surface area contributed by atoms with E-state index in [1.54, 1.807) is 0 Å². The summed E-state index contributed by atoms with van der Waals surface area (Å²) in [5.74, 6) is 1.39. The van der Waals surface area contributed by atoms with Crippen molar-refractivity contribution in [2.24, 2.45) is 5.92 Å². The number of anilines is 2. The van der Waals surface area contributed by atoms with Gasteiger partial charge in [0.15, 0.2) is 5.11 Å². The smallest absolute Gasteiger partial charge is 0.175 e. The Kier molecular flexibility index (Phi) is 5.58. The third-order valence-electron chi connectivity index (χ3n) is 2.73. The monoisotopic (exact) mass is 300 g/mol. The second-order valence-electron chi connectivity index (χ2n) is 5.17. The number of thiocarbonyl (C=S) groups is 1. The summed E-state index contributed by atoms with van der Waals surface area (Å²) in [6.07, 6.45) is 0. The first-order chi connectivity index (χ1) is 10.1. The van der Waals surface area contributed by atoms with Gasteiger partial charge in [-0.05, 0) is 54.5 Å². The highest BCUT2D eigenvalue weighted by atomic mass is 32.1. The van der Waals surface area contributed by atoms with Crippen molar-refractivity contribution in [3.63, 3.8) is 0 Å². The van der Waals surface area contributed by atoms with Crippen LogP contribution in [0.25, 0.3) is 0 Å². The van der Waals surface area contributed by atoms with Crippen molar-refractivity contribution in [3.05, 3.63) is 54.6 Å². The first-order valence-corrected chi connectivity index (χ1v) is 7.40. The van der Waals surface area contributed by atoms with E-state index in [1.807, 2.05) is 54.6 Å². The first-order valence-electron chi connectivity index (χ1n) is 6.99. The second kappa shape index (κ2) is 7.64. The van der Waals surface area contributed by atoms with E-state index in [1.165, 1.54) is 0 Å². The fraction of sp³-hybridized carbons (Fsp3) is 0.235. The summed E-state index contributed by atoms with van der Waals surface area (Å²) in [6.45, 7) is 4.98. The lowest BCUT2D eigenvalue weighted by molar-refractivity contribution is 0.271. The van der Waals surface area contributed by atoms with Gasteiger partial charge in [-0.2, -0.15) is 0 Å². The molecular weight excluding hydrogens is 280 g/mol. The molecule has 0 unspecified atom stereocenters. The molecule has 2 rings (SSSR count). The normalized spacial score (nSPS) is 10.2. The molecule has 0 spiro atoms. The van der Waals surface area contributed by atoms with Crippen LogP contribution >= 0.6 is 12.2 Å². The van der Waals surface area contributed by atoms with Crippen LogP contribution in [0.5, 0.6) is 5.75 Å². The predicted octanol–water partition coefficient (Wildman–Crippen LogP) is 4.53. The van der Waals surface area contributed by atoms with Gasteiger partial charge in [-0.1, -0.05) is 32.0 Å². The minimum absolute atomic E-state index is 0.519. The Morgan fingerprint density at radius 2 is 1.52 bits per heavy atom. The van der Waals surface area contributed by atoms with Gasteiger partial charge in [0, 0.05) is 11.4 Å². The lowest BCUT2D eigenvalue weighted by Gasteiger charge is -2.12. The highest BCUT2D eigenvalue weighted by molar-refractivity contribution is 7.80. The number of rotatable bonds is 5. The van der Waals surface area contributed by atoms with Crippen LogP contribution in [0.15, 0.2) is 54.6 Å². The van der Waals surface area contributed by atoms with Crippen molar-refractivity contribution in [3.8, 4) is 5.75 Å². The molecule has 0 fully saturated rings. The maximum Gasteiger partial charge on any atom is 0.175 e. The molecule has 0 bridgehead atoms. The van der Waals surface area contributed by atoms with Crippen LogP contribution in [0.2, 0.25) is 0 Å². The summed E-state index contributed by atoms with van der Waals surface area (Å²) >= 11 is 5.28. The average molecular weight is 300 g/mol. The number of hydrogen-bond acceptors (Lipinski definition) is 2. The predicted molar refractivity (Wildman–Crippen MR) is 93.1 cm³/mol.